The Bertz CT molecular complexity index is 1230. The fourth-order valence-corrected chi connectivity index (χ4v) is 3.60. The standard InChI is InChI=1S/C22H22B2ClFN4O6/c1-20(33,34)21(35,22(23,24)36)30-18-7-14(15(25)9-28-18)12-6-16(27-8-12)19(32)29-17(10-31)11-3-2-4-13(26)5-11/h2-9,17,27,31,33-36H,10H2,1H3,(H,28,30)(H,29,32)/t17-,21?/m1/s1. The molecule has 0 aliphatic heterocycles. The van der Waals surface area contributed by atoms with Crippen molar-refractivity contribution in [3.8, 4) is 11.1 Å². The predicted octanol–water partition coefficient (Wildman–Crippen LogP) is 0.117. The molecule has 0 spiro atoms. The zero-order chi connectivity index (χ0) is 26.9. The lowest BCUT2D eigenvalue weighted by Gasteiger charge is -2.46. The highest BCUT2D eigenvalue weighted by atomic mass is 35.5. The van der Waals surface area contributed by atoms with Crippen LogP contribution >= 0.6 is 11.6 Å². The van der Waals surface area contributed by atoms with Gasteiger partial charge in [0.25, 0.3) is 5.91 Å². The Hall–Kier alpha value is -2.93. The predicted molar refractivity (Wildman–Crippen MR) is 131 cm³/mol. The first-order valence-electron chi connectivity index (χ1n) is 10.4. The molecule has 36 heavy (non-hydrogen) atoms. The molecule has 8 N–H and O–H groups in total. The zero-order valence-corrected chi connectivity index (χ0v) is 19.7. The monoisotopic (exact) mass is 514 g/mol. The lowest BCUT2D eigenvalue weighted by atomic mass is 9.57. The third-order valence-electron chi connectivity index (χ3n) is 5.41. The van der Waals surface area contributed by atoms with Gasteiger partial charge in [0.1, 0.15) is 33.0 Å². The van der Waals surface area contributed by atoms with Crippen molar-refractivity contribution >= 4 is 39.0 Å². The molecule has 0 bridgehead atoms. The number of H-pyrrole nitrogens is 1. The maximum Gasteiger partial charge on any atom is 0.268 e. The van der Waals surface area contributed by atoms with E-state index < -0.39 is 41.3 Å². The number of aliphatic hydroxyl groups is 5. The minimum Gasteiger partial charge on any atom is -0.404 e. The summed E-state index contributed by atoms with van der Waals surface area (Å²) in [5.41, 5.74) is -1.95. The van der Waals surface area contributed by atoms with Crippen LogP contribution < -0.4 is 10.6 Å². The average molecular weight is 515 g/mol. The molecule has 2 heterocycles. The van der Waals surface area contributed by atoms with Crippen molar-refractivity contribution in [3.05, 3.63) is 70.9 Å². The normalized spacial score (nSPS) is 14.7. The third-order valence-corrected chi connectivity index (χ3v) is 5.71. The van der Waals surface area contributed by atoms with Gasteiger partial charge in [0.15, 0.2) is 0 Å². The van der Waals surface area contributed by atoms with Crippen molar-refractivity contribution in [1.29, 1.82) is 0 Å². The summed E-state index contributed by atoms with van der Waals surface area (Å²) in [7, 11) is 10.6. The Kier molecular flexibility index (Phi) is 7.84. The molecule has 14 heteroatoms. The van der Waals surface area contributed by atoms with Crippen LogP contribution in [0.15, 0.2) is 48.8 Å². The first-order chi connectivity index (χ1) is 16.7. The highest BCUT2D eigenvalue weighted by molar-refractivity contribution is 6.40. The van der Waals surface area contributed by atoms with Gasteiger partial charge in [-0.1, -0.05) is 23.7 Å². The molecule has 1 amide bonds. The molecule has 3 rings (SSSR count). The number of rotatable bonds is 9. The number of amides is 1. The Morgan fingerprint density at radius 2 is 1.92 bits per heavy atom. The maximum absolute atomic E-state index is 13.5. The SMILES string of the molecule is [B]C([B])(O)C(O)(Nc1cc(-c2c[nH]c(C(=O)N[C@H](CO)c3cccc(F)c3)c2)c(Cl)cn1)C(C)(O)O. The number of anilines is 1. The van der Waals surface area contributed by atoms with Crippen LogP contribution in [0, 0.1) is 5.82 Å². The first kappa shape index (κ1) is 27.7. The Morgan fingerprint density at radius 1 is 1.22 bits per heavy atom. The number of aromatic amines is 1. The summed E-state index contributed by atoms with van der Waals surface area (Å²) in [6.45, 7) is 0.266. The van der Waals surface area contributed by atoms with Gasteiger partial charge in [-0.25, -0.2) is 9.37 Å². The molecule has 10 nitrogen and oxygen atoms in total. The number of benzene rings is 1. The molecule has 2 atom stereocenters. The fourth-order valence-electron chi connectivity index (χ4n) is 3.39. The first-order valence-corrected chi connectivity index (χ1v) is 10.8. The lowest BCUT2D eigenvalue weighted by molar-refractivity contribution is -0.276. The Morgan fingerprint density at radius 3 is 2.50 bits per heavy atom. The van der Waals surface area contributed by atoms with Gasteiger partial charge in [-0.2, -0.15) is 0 Å². The Balaban J connectivity index is 1.86. The molecule has 0 saturated heterocycles. The number of halogens is 2. The number of aliphatic hydroxyl groups excluding tert-OH is 1. The molecule has 1 aromatic carbocycles. The number of pyridine rings is 1. The Labute approximate surface area is 213 Å². The van der Waals surface area contributed by atoms with Crippen LogP contribution in [0.4, 0.5) is 10.2 Å². The molecule has 0 saturated carbocycles. The zero-order valence-electron chi connectivity index (χ0n) is 18.9. The lowest BCUT2D eigenvalue weighted by Crippen LogP contribution is -2.72. The van der Waals surface area contributed by atoms with Crippen molar-refractivity contribution < 1.29 is 34.7 Å². The van der Waals surface area contributed by atoms with Gasteiger partial charge in [-0.15, -0.1) is 0 Å². The smallest absolute Gasteiger partial charge is 0.268 e. The van der Waals surface area contributed by atoms with E-state index in [1.165, 1.54) is 36.5 Å². The third kappa shape index (κ3) is 5.72. The summed E-state index contributed by atoms with van der Waals surface area (Å²) in [6, 6.07) is 7.29. The number of carbonyl (C=O) groups is 1. The van der Waals surface area contributed by atoms with Crippen LogP contribution in [0.25, 0.3) is 11.1 Å². The van der Waals surface area contributed by atoms with E-state index in [0.717, 1.165) is 13.1 Å². The van der Waals surface area contributed by atoms with Crippen molar-refractivity contribution in [2.45, 2.75) is 29.9 Å². The summed E-state index contributed by atoms with van der Waals surface area (Å²) in [6.07, 6.45) is 2.60. The molecular formula is C22H22B2ClFN4O6. The topological polar surface area (TPSA) is 171 Å². The average Bonchev–Trinajstić information content (AvgIpc) is 3.27. The van der Waals surface area contributed by atoms with Gasteiger partial charge in [0.2, 0.25) is 11.5 Å². The number of nitrogens with zero attached hydrogens (tertiary/aromatic N) is 1. The fraction of sp³-hybridized carbons (Fsp3) is 0.273. The molecule has 2 aromatic heterocycles. The highest BCUT2D eigenvalue weighted by Crippen LogP contribution is 2.34. The second-order valence-corrected chi connectivity index (χ2v) is 8.70. The summed E-state index contributed by atoms with van der Waals surface area (Å²) in [5, 5.41) is 51.9. The van der Waals surface area contributed by atoms with E-state index in [1.54, 1.807) is 6.07 Å². The minimum atomic E-state index is -3.07. The number of hydrogen-bond donors (Lipinski definition) is 8. The summed E-state index contributed by atoms with van der Waals surface area (Å²) in [5.74, 6) is -4.34. The van der Waals surface area contributed by atoms with Gasteiger partial charge in [-0.3, -0.25) is 4.79 Å². The largest absolute Gasteiger partial charge is 0.404 e. The molecule has 1 unspecified atom stereocenters. The van der Waals surface area contributed by atoms with E-state index in [0.29, 0.717) is 11.1 Å². The second kappa shape index (κ2) is 10.2. The molecule has 0 aliphatic carbocycles. The van der Waals surface area contributed by atoms with E-state index in [1.807, 2.05) is 0 Å². The number of aromatic nitrogens is 2. The van der Waals surface area contributed by atoms with E-state index in [-0.39, 0.29) is 22.1 Å². The van der Waals surface area contributed by atoms with E-state index in [9.17, 15) is 34.7 Å². The van der Waals surface area contributed by atoms with Crippen molar-refractivity contribution in [3.63, 3.8) is 0 Å². The van der Waals surface area contributed by atoms with Gasteiger partial charge in [0.05, 0.1) is 17.7 Å². The van der Waals surface area contributed by atoms with Gasteiger partial charge < -0.3 is 41.2 Å². The van der Waals surface area contributed by atoms with Gasteiger partial charge >= 0.3 is 0 Å². The van der Waals surface area contributed by atoms with Crippen LogP contribution in [0.5, 0.6) is 0 Å². The molecule has 4 radical (unpaired) electrons. The van der Waals surface area contributed by atoms with E-state index in [2.05, 4.69) is 20.6 Å². The second-order valence-electron chi connectivity index (χ2n) is 8.30. The molecule has 3 aromatic rings. The van der Waals surface area contributed by atoms with Crippen molar-refractivity contribution in [2.75, 3.05) is 11.9 Å². The maximum atomic E-state index is 13.5. The van der Waals surface area contributed by atoms with Crippen molar-refractivity contribution in [2.24, 2.45) is 0 Å². The van der Waals surface area contributed by atoms with Crippen LogP contribution in [0.1, 0.15) is 29.0 Å². The van der Waals surface area contributed by atoms with Crippen LogP contribution in [-0.4, -0.2) is 80.6 Å². The quantitative estimate of drug-likeness (QED) is 0.147. The minimum absolute atomic E-state index is 0.0790. The van der Waals surface area contributed by atoms with Crippen LogP contribution in [-0.2, 0) is 0 Å². The number of carbonyl (C=O) groups excluding carboxylic acids is 1. The summed E-state index contributed by atoms with van der Waals surface area (Å²) in [4.78, 5) is 19.4. The van der Waals surface area contributed by atoms with E-state index >= 15 is 0 Å². The van der Waals surface area contributed by atoms with Crippen LogP contribution in [0.2, 0.25) is 5.02 Å². The summed E-state index contributed by atoms with van der Waals surface area (Å²) >= 11 is 6.24. The van der Waals surface area contributed by atoms with Crippen molar-refractivity contribution in [1.82, 2.24) is 15.3 Å². The summed E-state index contributed by atoms with van der Waals surface area (Å²) < 4.78 is 13.5. The molecular weight excluding hydrogens is 492 g/mol. The number of nitrogens with one attached hydrogen (secondary N) is 3. The highest BCUT2D eigenvalue weighted by Gasteiger charge is 2.54. The molecule has 0 aliphatic rings. The molecule has 0 fully saturated rings. The number of hydrogen-bond acceptors (Lipinski definition) is 8. The van der Waals surface area contributed by atoms with Gasteiger partial charge in [-0.05, 0) is 36.8 Å². The van der Waals surface area contributed by atoms with Crippen LogP contribution in [0.3, 0.4) is 0 Å². The van der Waals surface area contributed by atoms with E-state index in [4.69, 9.17) is 27.3 Å². The molecule has 186 valence electrons. The van der Waals surface area contributed by atoms with Gasteiger partial charge in [0, 0.05) is 28.9 Å².